The molecule has 72 valence electrons. The average molecular weight is 194 g/mol. The van der Waals surface area contributed by atoms with Gasteiger partial charge in [-0.1, -0.05) is 0 Å². The van der Waals surface area contributed by atoms with Gasteiger partial charge in [0.15, 0.2) is 5.75 Å². The van der Waals surface area contributed by atoms with Crippen LogP contribution >= 0.6 is 0 Å². The van der Waals surface area contributed by atoms with Crippen LogP contribution in [-0.4, -0.2) is 35.9 Å². The highest BCUT2D eigenvalue weighted by Gasteiger charge is 2.16. The summed E-state index contributed by atoms with van der Waals surface area (Å²) >= 11 is 0. The molecule has 0 atom stereocenters. The Morgan fingerprint density at radius 3 is 2.86 bits per heavy atom. The zero-order valence-corrected chi connectivity index (χ0v) is 6.88. The van der Waals surface area contributed by atoms with Crippen LogP contribution in [0.5, 0.6) is 5.75 Å². The zero-order chi connectivity index (χ0) is 10.1. The van der Waals surface area contributed by atoms with Crippen molar-refractivity contribution in [1.82, 2.24) is 19.7 Å². The minimum absolute atomic E-state index is 0.341. The van der Waals surface area contributed by atoms with Crippen LogP contribution in [0.3, 0.4) is 0 Å². The molecule has 0 saturated carbocycles. The molecule has 0 saturated heterocycles. The van der Waals surface area contributed by atoms with Gasteiger partial charge in [-0.05, 0) is 0 Å². The fraction of sp³-hybridized carbons (Fsp3) is 0. The molecule has 0 aromatic carbocycles. The molecule has 2 aromatic rings. The quantitative estimate of drug-likeness (QED) is 0.624. The van der Waals surface area contributed by atoms with E-state index < -0.39 is 17.4 Å². The van der Waals surface area contributed by atoms with E-state index in [1.807, 2.05) is 0 Å². The fourth-order valence-electron chi connectivity index (χ4n) is 1.01. The van der Waals surface area contributed by atoms with Crippen molar-refractivity contribution in [1.29, 1.82) is 0 Å². The lowest BCUT2D eigenvalue weighted by Crippen LogP contribution is -2.02. The summed E-state index contributed by atoms with van der Waals surface area (Å²) in [5.41, 5.74) is -0.401. The normalized spacial score (nSPS) is 10.3. The summed E-state index contributed by atoms with van der Waals surface area (Å²) in [6, 6.07) is 0. The number of aromatic nitrogens is 4. The second-order valence-corrected chi connectivity index (χ2v) is 2.53. The molecular weight excluding hydrogens is 188 g/mol. The molecular formula is C7H6N4O3. The number of aromatic carboxylic acids is 1. The molecule has 0 unspecified atom stereocenters. The molecule has 7 nitrogen and oxygen atoms in total. The number of carbonyl (C=O) groups is 1. The summed E-state index contributed by atoms with van der Waals surface area (Å²) in [7, 11) is 0. The number of rotatable bonds is 2. The Morgan fingerprint density at radius 2 is 2.36 bits per heavy atom. The van der Waals surface area contributed by atoms with Gasteiger partial charge in [-0.3, -0.25) is 0 Å². The Bertz CT molecular complexity index is 459. The molecule has 3 N–H and O–H groups in total. The van der Waals surface area contributed by atoms with Crippen molar-refractivity contribution in [2.75, 3.05) is 0 Å². The van der Waals surface area contributed by atoms with E-state index in [2.05, 4.69) is 15.1 Å². The summed E-state index contributed by atoms with van der Waals surface area (Å²) in [6.07, 6.45) is 4.23. The molecule has 0 aliphatic carbocycles. The monoisotopic (exact) mass is 194 g/mol. The number of nitrogens with one attached hydrogen (secondary N) is 1. The summed E-state index contributed by atoms with van der Waals surface area (Å²) in [6.45, 7) is 0. The van der Waals surface area contributed by atoms with Gasteiger partial charge in [0.2, 0.25) is 11.6 Å². The van der Waals surface area contributed by atoms with E-state index >= 15 is 0 Å². The number of carboxylic acid groups (broad SMARTS) is 1. The van der Waals surface area contributed by atoms with E-state index in [4.69, 9.17) is 5.11 Å². The van der Waals surface area contributed by atoms with E-state index in [1.54, 1.807) is 6.20 Å². The summed E-state index contributed by atoms with van der Waals surface area (Å²) in [4.78, 5) is 17.1. The largest absolute Gasteiger partial charge is 0.504 e. The first-order valence-corrected chi connectivity index (χ1v) is 3.70. The Labute approximate surface area is 77.6 Å². The van der Waals surface area contributed by atoms with E-state index in [0.29, 0.717) is 5.95 Å². The lowest BCUT2D eigenvalue weighted by Gasteiger charge is -1.91. The number of hydrogen-bond acceptors (Lipinski definition) is 4. The Hall–Kier alpha value is -2.31. The lowest BCUT2D eigenvalue weighted by atomic mass is 10.4. The molecule has 0 radical (unpaired) electrons. The minimum atomic E-state index is -1.28. The predicted molar refractivity (Wildman–Crippen MR) is 44.3 cm³/mol. The number of carboxylic acids is 1. The Morgan fingerprint density at radius 1 is 1.57 bits per heavy atom. The molecule has 2 rings (SSSR count). The maximum absolute atomic E-state index is 10.5. The molecule has 0 bridgehead atoms. The van der Waals surface area contributed by atoms with Gasteiger partial charge in [-0.2, -0.15) is 5.10 Å². The molecule has 0 fully saturated rings. The topological polar surface area (TPSA) is 104 Å². The van der Waals surface area contributed by atoms with Crippen LogP contribution in [-0.2, 0) is 0 Å². The van der Waals surface area contributed by atoms with E-state index in [0.717, 1.165) is 4.68 Å². The number of H-pyrrole nitrogens is 1. The first-order valence-electron chi connectivity index (χ1n) is 3.70. The van der Waals surface area contributed by atoms with Gasteiger partial charge < -0.3 is 15.2 Å². The minimum Gasteiger partial charge on any atom is -0.504 e. The lowest BCUT2D eigenvalue weighted by molar-refractivity contribution is 0.0687. The van der Waals surface area contributed by atoms with Gasteiger partial charge >= 0.3 is 5.97 Å². The maximum Gasteiger partial charge on any atom is 0.360 e. The van der Waals surface area contributed by atoms with Crippen LogP contribution < -0.4 is 0 Å². The molecule has 2 aromatic heterocycles. The number of hydrogen-bond donors (Lipinski definition) is 3. The molecule has 0 spiro atoms. The summed E-state index contributed by atoms with van der Waals surface area (Å²) in [5, 5.41) is 21.4. The van der Waals surface area contributed by atoms with Crippen LogP contribution in [0.2, 0.25) is 0 Å². The Kier molecular flexibility index (Phi) is 1.70. The number of aromatic amines is 1. The van der Waals surface area contributed by atoms with E-state index in [9.17, 15) is 9.90 Å². The van der Waals surface area contributed by atoms with Crippen LogP contribution in [0, 0.1) is 0 Å². The van der Waals surface area contributed by atoms with Crippen molar-refractivity contribution >= 4 is 5.97 Å². The highest BCUT2D eigenvalue weighted by atomic mass is 16.4. The number of imidazole rings is 1. The van der Waals surface area contributed by atoms with Gasteiger partial charge in [0, 0.05) is 12.4 Å². The average Bonchev–Trinajstić information content (AvgIpc) is 2.70. The van der Waals surface area contributed by atoms with E-state index in [-0.39, 0.29) is 0 Å². The molecule has 0 aliphatic rings. The van der Waals surface area contributed by atoms with Crippen molar-refractivity contribution in [3.63, 3.8) is 0 Å². The summed E-state index contributed by atoms with van der Waals surface area (Å²) in [5.74, 6) is -1.34. The van der Waals surface area contributed by atoms with Gasteiger partial charge in [0.1, 0.15) is 0 Å². The number of aromatic hydroxyl groups is 1. The highest BCUT2D eigenvalue weighted by Crippen LogP contribution is 2.15. The third-order valence-electron chi connectivity index (χ3n) is 1.60. The van der Waals surface area contributed by atoms with Crippen molar-refractivity contribution < 1.29 is 15.0 Å². The Balaban J connectivity index is 2.48. The molecule has 0 amide bonds. The molecule has 7 heteroatoms. The van der Waals surface area contributed by atoms with Gasteiger partial charge in [0.05, 0.1) is 6.20 Å². The predicted octanol–water partition coefficient (Wildman–Crippen LogP) is -0.000800. The van der Waals surface area contributed by atoms with Crippen LogP contribution in [0.15, 0.2) is 18.6 Å². The second kappa shape index (κ2) is 2.87. The third-order valence-corrected chi connectivity index (χ3v) is 1.60. The van der Waals surface area contributed by atoms with Crippen LogP contribution in [0.1, 0.15) is 10.5 Å². The SMILES string of the molecule is O=C(O)c1nn(-c2ncc[nH]2)cc1O. The second-order valence-electron chi connectivity index (χ2n) is 2.53. The first kappa shape index (κ1) is 8.30. The van der Waals surface area contributed by atoms with Crippen molar-refractivity contribution in [3.05, 3.63) is 24.3 Å². The smallest absolute Gasteiger partial charge is 0.360 e. The van der Waals surface area contributed by atoms with Crippen molar-refractivity contribution in [2.45, 2.75) is 0 Å². The van der Waals surface area contributed by atoms with Gasteiger partial charge in [-0.15, -0.1) is 0 Å². The van der Waals surface area contributed by atoms with Crippen LogP contribution in [0.4, 0.5) is 0 Å². The fourth-order valence-corrected chi connectivity index (χ4v) is 1.01. The first-order chi connectivity index (χ1) is 6.68. The zero-order valence-electron chi connectivity index (χ0n) is 6.88. The standard InChI is InChI=1S/C7H6N4O3/c12-4-3-11(7-8-1-2-9-7)10-5(4)6(13)14/h1-3,12H,(H,8,9)(H,13,14). The van der Waals surface area contributed by atoms with Crippen LogP contribution in [0.25, 0.3) is 5.95 Å². The third kappa shape index (κ3) is 1.20. The molecule has 14 heavy (non-hydrogen) atoms. The highest BCUT2D eigenvalue weighted by molar-refractivity contribution is 5.88. The maximum atomic E-state index is 10.5. The van der Waals surface area contributed by atoms with Gasteiger partial charge in [0.25, 0.3) is 0 Å². The number of nitrogens with zero attached hydrogens (tertiary/aromatic N) is 3. The van der Waals surface area contributed by atoms with Gasteiger partial charge in [-0.25, -0.2) is 14.5 Å². The molecule has 2 heterocycles. The van der Waals surface area contributed by atoms with Crippen molar-refractivity contribution in [3.8, 4) is 11.7 Å². The summed E-state index contributed by atoms with van der Waals surface area (Å²) < 4.78 is 1.15. The van der Waals surface area contributed by atoms with Crippen molar-refractivity contribution in [2.24, 2.45) is 0 Å². The van der Waals surface area contributed by atoms with E-state index in [1.165, 1.54) is 12.4 Å². The molecule has 0 aliphatic heterocycles.